The van der Waals surface area contributed by atoms with Gasteiger partial charge in [-0.15, -0.1) is 0 Å². The van der Waals surface area contributed by atoms with Crippen molar-refractivity contribution in [3.8, 4) is 11.5 Å². The van der Waals surface area contributed by atoms with E-state index in [0.717, 1.165) is 11.1 Å². The van der Waals surface area contributed by atoms with Gasteiger partial charge in [0.05, 0.1) is 5.56 Å². The summed E-state index contributed by atoms with van der Waals surface area (Å²) in [5, 5.41) is 2.87. The van der Waals surface area contributed by atoms with Crippen molar-refractivity contribution in [3.63, 3.8) is 0 Å². The molecule has 0 aromatic heterocycles. The quantitative estimate of drug-likeness (QED) is 0.614. The van der Waals surface area contributed by atoms with Crippen molar-refractivity contribution in [3.05, 3.63) is 89.0 Å². The SMILES string of the molecule is Cc1cc(C)cc(NC(=O)[C@@H](OC(=O)c2ccc3c(c2)OCCO3)c2ccccc2)c1. The molecule has 6 nitrogen and oxygen atoms in total. The van der Waals surface area contributed by atoms with E-state index >= 15 is 0 Å². The second kappa shape index (κ2) is 8.92. The molecule has 0 fully saturated rings. The van der Waals surface area contributed by atoms with Crippen molar-refractivity contribution in [2.24, 2.45) is 0 Å². The van der Waals surface area contributed by atoms with Gasteiger partial charge in [-0.1, -0.05) is 36.4 Å². The molecule has 1 heterocycles. The number of esters is 1. The van der Waals surface area contributed by atoms with Gasteiger partial charge in [-0.2, -0.15) is 0 Å². The van der Waals surface area contributed by atoms with Crippen LogP contribution in [0.3, 0.4) is 0 Å². The summed E-state index contributed by atoms with van der Waals surface area (Å²) < 4.78 is 16.7. The predicted molar refractivity (Wildman–Crippen MR) is 117 cm³/mol. The fourth-order valence-corrected chi connectivity index (χ4v) is 3.50. The first kappa shape index (κ1) is 20.5. The highest BCUT2D eigenvalue weighted by molar-refractivity contribution is 5.98. The molecule has 158 valence electrons. The van der Waals surface area contributed by atoms with Crippen LogP contribution in [-0.2, 0) is 9.53 Å². The first-order valence-electron chi connectivity index (χ1n) is 10.0. The van der Waals surface area contributed by atoms with E-state index in [1.807, 2.05) is 38.1 Å². The Labute approximate surface area is 180 Å². The third-order valence-corrected chi connectivity index (χ3v) is 4.83. The molecule has 3 aromatic rings. The maximum atomic E-state index is 13.1. The van der Waals surface area contributed by atoms with Gasteiger partial charge in [0.2, 0.25) is 6.10 Å². The fraction of sp³-hybridized carbons (Fsp3) is 0.200. The summed E-state index contributed by atoms with van der Waals surface area (Å²) in [6.07, 6.45) is -1.11. The lowest BCUT2D eigenvalue weighted by atomic mass is 10.1. The van der Waals surface area contributed by atoms with Crippen LogP contribution in [0, 0.1) is 13.8 Å². The van der Waals surface area contributed by atoms with Gasteiger partial charge in [-0.3, -0.25) is 4.79 Å². The fourth-order valence-electron chi connectivity index (χ4n) is 3.50. The molecular weight excluding hydrogens is 394 g/mol. The Kier molecular flexibility index (Phi) is 5.89. The highest BCUT2D eigenvalue weighted by Crippen LogP contribution is 2.32. The van der Waals surface area contributed by atoms with Gasteiger partial charge in [-0.05, 0) is 55.3 Å². The Morgan fingerprint density at radius 3 is 2.26 bits per heavy atom. The molecule has 1 atom stereocenters. The minimum Gasteiger partial charge on any atom is -0.486 e. The van der Waals surface area contributed by atoms with Crippen molar-refractivity contribution in [1.82, 2.24) is 0 Å². The van der Waals surface area contributed by atoms with E-state index in [0.29, 0.717) is 36.0 Å². The van der Waals surface area contributed by atoms with E-state index in [-0.39, 0.29) is 5.56 Å². The zero-order chi connectivity index (χ0) is 21.8. The molecule has 0 saturated heterocycles. The summed E-state index contributed by atoms with van der Waals surface area (Å²) in [6.45, 7) is 4.79. The highest BCUT2D eigenvalue weighted by Gasteiger charge is 2.27. The van der Waals surface area contributed by atoms with E-state index in [2.05, 4.69) is 5.32 Å². The van der Waals surface area contributed by atoms with Gasteiger partial charge in [-0.25, -0.2) is 4.79 Å². The number of hydrogen-bond donors (Lipinski definition) is 1. The smallest absolute Gasteiger partial charge is 0.339 e. The Morgan fingerprint density at radius 2 is 1.55 bits per heavy atom. The molecule has 0 spiro atoms. The number of anilines is 1. The van der Waals surface area contributed by atoms with Crippen LogP contribution in [0.15, 0.2) is 66.7 Å². The maximum absolute atomic E-state index is 13.1. The molecule has 0 aliphatic carbocycles. The van der Waals surface area contributed by atoms with Crippen LogP contribution in [-0.4, -0.2) is 25.1 Å². The number of ether oxygens (including phenoxy) is 3. The van der Waals surface area contributed by atoms with Gasteiger partial charge in [0.25, 0.3) is 5.91 Å². The molecule has 0 unspecified atom stereocenters. The Balaban J connectivity index is 1.58. The Hall–Kier alpha value is -3.80. The average molecular weight is 417 g/mol. The number of benzene rings is 3. The molecule has 1 aliphatic rings. The summed E-state index contributed by atoms with van der Waals surface area (Å²) >= 11 is 0. The zero-order valence-electron chi connectivity index (χ0n) is 17.4. The second-order valence-electron chi connectivity index (χ2n) is 7.42. The molecule has 3 aromatic carbocycles. The topological polar surface area (TPSA) is 73.9 Å². The molecule has 31 heavy (non-hydrogen) atoms. The Morgan fingerprint density at radius 1 is 0.871 bits per heavy atom. The summed E-state index contributed by atoms with van der Waals surface area (Å²) in [5.74, 6) is 0.00936. The lowest BCUT2D eigenvalue weighted by Crippen LogP contribution is -2.26. The van der Waals surface area contributed by atoms with Gasteiger partial charge >= 0.3 is 5.97 Å². The molecule has 0 saturated carbocycles. The number of rotatable bonds is 5. The van der Waals surface area contributed by atoms with Crippen LogP contribution in [0.5, 0.6) is 11.5 Å². The number of hydrogen-bond acceptors (Lipinski definition) is 5. The average Bonchev–Trinajstić information content (AvgIpc) is 2.76. The molecular formula is C25H23NO5. The largest absolute Gasteiger partial charge is 0.486 e. The number of nitrogens with one attached hydrogen (secondary N) is 1. The number of fused-ring (bicyclic) bond motifs is 1. The van der Waals surface area contributed by atoms with Crippen LogP contribution >= 0.6 is 0 Å². The van der Waals surface area contributed by atoms with E-state index in [1.54, 1.807) is 42.5 Å². The predicted octanol–water partition coefficient (Wildman–Crippen LogP) is 4.61. The Bertz CT molecular complexity index is 1090. The van der Waals surface area contributed by atoms with Crippen LogP contribution in [0.4, 0.5) is 5.69 Å². The molecule has 1 N–H and O–H groups in total. The summed E-state index contributed by atoms with van der Waals surface area (Å²) in [7, 11) is 0. The van der Waals surface area contributed by atoms with Gasteiger partial charge in [0.1, 0.15) is 13.2 Å². The van der Waals surface area contributed by atoms with Crippen LogP contribution in [0.25, 0.3) is 0 Å². The number of amides is 1. The highest BCUT2D eigenvalue weighted by atomic mass is 16.6. The lowest BCUT2D eigenvalue weighted by Gasteiger charge is -2.20. The third kappa shape index (κ3) is 4.86. The maximum Gasteiger partial charge on any atom is 0.339 e. The molecule has 1 aliphatic heterocycles. The molecule has 6 heteroatoms. The summed E-state index contributed by atoms with van der Waals surface area (Å²) in [5.41, 5.74) is 3.57. The van der Waals surface area contributed by atoms with Gasteiger partial charge in [0.15, 0.2) is 11.5 Å². The first-order valence-corrected chi connectivity index (χ1v) is 10.0. The minimum atomic E-state index is -1.11. The lowest BCUT2D eigenvalue weighted by molar-refractivity contribution is -0.125. The monoisotopic (exact) mass is 417 g/mol. The minimum absolute atomic E-state index is 0.282. The van der Waals surface area contributed by atoms with E-state index < -0.39 is 18.0 Å². The molecule has 0 bridgehead atoms. The van der Waals surface area contributed by atoms with Crippen LogP contribution < -0.4 is 14.8 Å². The summed E-state index contributed by atoms with van der Waals surface area (Å²) in [4.78, 5) is 26.0. The van der Waals surface area contributed by atoms with Crippen molar-refractivity contribution >= 4 is 17.6 Å². The third-order valence-electron chi connectivity index (χ3n) is 4.83. The number of carbonyl (C=O) groups is 2. The van der Waals surface area contributed by atoms with E-state index in [9.17, 15) is 9.59 Å². The molecule has 0 radical (unpaired) electrons. The van der Waals surface area contributed by atoms with Crippen molar-refractivity contribution in [2.45, 2.75) is 20.0 Å². The van der Waals surface area contributed by atoms with Crippen molar-refractivity contribution < 1.29 is 23.8 Å². The standard InChI is InChI=1S/C25H23NO5/c1-16-12-17(2)14-20(13-16)26-24(27)23(18-6-4-3-5-7-18)31-25(28)19-8-9-21-22(15-19)30-11-10-29-21/h3-9,12-15,23H,10-11H2,1-2H3,(H,26,27)/t23-/m0/s1. The summed E-state index contributed by atoms with van der Waals surface area (Å²) in [6, 6.07) is 19.5. The number of aryl methyl sites for hydroxylation is 2. The van der Waals surface area contributed by atoms with Crippen molar-refractivity contribution in [2.75, 3.05) is 18.5 Å². The number of carbonyl (C=O) groups excluding carboxylic acids is 2. The first-order chi connectivity index (χ1) is 15.0. The molecule has 4 rings (SSSR count). The normalized spacial score (nSPS) is 13.2. The van der Waals surface area contributed by atoms with Gasteiger partial charge < -0.3 is 19.5 Å². The zero-order valence-corrected chi connectivity index (χ0v) is 17.4. The van der Waals surface area contributed by atoms with Gasteiger partial charge in [0, 0.05) is 11.3 Å². The van der Waals surface area contributed by atoms with Crippen LogP contribution in [0.1, 0.15) is 33.2 Å². The van der Waals surface area contributed by atoms with E-state index in [1.165, 1.54) is 0 Å². The van der Waals surface area contributed by atoms with E-state index in [4.69, 9.17) is 14.2 Å². The second-order valence-corrected chi connectivity index (χ2v) is 7.42. The molecule has 1 amide bonds. The van der Waals surface area contributed by atoms with Crippen molar-refractivity contribution in [1.29, 1.82) is 0 Å². The van der Waals surface area contributed by atoms with Crippen LogP contribution in [0.2, 0.25) is 0 Å².